The maximum absolute atomic E-state index is 12.8. The van der Waals surface area contributed by atoms with Gasteiger partial charge in [0.2, 0.25) is 0 Å². The molecule has 0 aliphatic heterocycles. The Morgan fingerprint density at radius 2 is 1.85 bits per heavy atom. The van der Waals surface area contributed by atoms with Crippen LogP contribution in [0.2, 0.25) is 0 Å². The second-order valence-corrected chi connectivity index (χ2v) is 5.09. The molecule has 8 heteroatoms. The summed E-state index contributed by atoms with van der Waals surface area (Å²) in [6.45, 7) is -0.977. The number of anilines is 1. The number of nitrogens with zero attached hydrogens (tertiary/aromatic N) is 1. The Bertz CT molecular complexity index is 859. The number of nitriles is 1. The van der Waals surface area contributed by atoms with Crippen molar-refractivity contribution < 1.29 is 23.5 Å². The number of hydrogen-bond donors (Lipinski definition) is 2. The number of carbonyl (C=O) groups is 3. The summed E-state index contributed by atoms with van der Waals surface area (Å²) in [5.74, 6) is -2.44. The monoisotopic (exact) mass is 355 g/mol. The molecule has 0 saturated carbocycles. The van der Waals surface area contributed by atoms with E-state index in [1.165, 1.54) is 18.2 Å². The van der Waals surface area contributed by atoms with Crippen LogP contribution in [-0.2, 0) is 14.3 Å². The van der Waals surface area contributed by atoms with E-state index in [4.69, 9.17) is 10.00 Å². The van der Waals surface area contributed by atoms with Gasteiger partial charge in [0.1, 0.15) is 12.4 Å². The molecule has 0 aromatic heterocycles. The highest BCUT2D eigenvalue weighted by Gasteiger charge is 2.11. The van der Waals surface area contributed by atoms with Crippen molar-refractivity contribution in [3.05, 3.63) is 65.5 Å². The molecule has 132 valence electrons. The van der Waals surface area contributed by atoms with Crippen molar-refractivity contribution in [3.8, 4) is 6.07 Å². The van der Waals surface area contributed by atoms with Crippen LogP contribution < -0.4 is 10.6 Å². The fraction of sp³-hybridized carbons (Fsp3) is 0.111. The molecule has 0 aliphatic carbocycles. The van der Waals surface area contributed by atoms with E-state index in [2.05, 4.69) is 10.6 Å². The number of carbonyl (C=O) groups excluding carboxylic acids is 3. The van der Waals surface area contributed by atoms with Crippen molar-refractivity contribution >= 4 is 23.5 Å². The van der Waals surface area contributed by atoms with Gasteiger partial charge in [-0.25, -0.2) is 4.39 Å². The molecule has 0 heterocycles. The minimum Gasteiger partial charge on any atom is -0.454 e. The number of esters is 1. The molecule has 26 heavy (non-hydrogen) atoms. The first-order valence-electron chi connectivity index (χ1n) is 7.47. The van der Waals surface area contributed by atoms with Crippen molar-refractivity contribution in [3.63, 3.8) is 0 Å². The van der Waals surface area contributed by atoms with Crippen LogP contribution in [-0.4, -0.2) is 30.9 Å². The fourth-order valence-corrected chi connectivity index (χ4v) is 1.92. The minimum atomic E-state index is -0.804. The van der Waals surface area contributed by atoms with Gasteiger partial charge >= 0.3 is 5.97 Å². The molecular weight excluding hydrogens is 341 g/mol. The first kappa shape index (κ1) is 18.6. The van der Waals surface area contributed by atoms with Gasteiger partial charge in [0.25, 0.3) is 11.8 Å². The highest BCUT2D eigenvalue weighted by atomic mass is 19.1. The summed E-state index contributed by atoms with van der Waals surface area (Å²) in [6, 6.07) is 13.0. The zero-order valence-corrected chi connectivity index (χ0v) is 13.5. The molecule has 2 aromatic rings. The van der Waals surface area contributed by atoms with Crippen molar-refractivity contribution in [2.24, 2.45) is 0 Å². The Morgan fingerprint density at radius 3 is 2.54 bits per heavy atom. The zero-order valence-electron chi connectivity index (χ0n) is 13.5. The average molecular weight is 355 g/mol. The Hall–Kier alpha value is -3.73. The lowest BCUT2D eigenvalue weighted by molar-refractivity contribution is -0.146. The summed E-state index contributed by atoms with van der Waals surface area (Å²) in [5.41, 5.74) is 0.965. The third kappa shape index (κ3) is 5.72. The average Bonchev–Trinajstić information content (AvgIpc) is 2.65. The first-order valence-corrected chi connectivity index (χ1v) is 7.47. The van der Waals surface area contributed by atoms with Gasteiger partial charge in [0.05, 0.1) is 11.6 Å². The van der Waals surface area contributed by atoms with Gasteiger partial charge in [0.15, 0.2) is 6.61 Å². The molecule has 0 unspecified atom stereocenters. The van der Waals surface area contributed by atoms with Crippen molar-refractivity contribution in [1.82, 2.24) is 5.32 Å². The highest BCUT2D eigenvalue weighted by molar-refractivity contribution is 5.96. The van der Waals surface area contributed by atoms with Crippen LogP contribution in [0.25, 0.3) is 0 Å². The maximum Gasteiger partial charge on any atom is 0.325 e. The van der Waals surface area contributed by atoms with Crippen LogP contribution in [0.1, 0.15) is 15.9 Å². The number of halogens is 1. The van der Waals surface area contributed by atoms with E-state index < -0.39 is 36.8 Å². The quantitative estimate of drug-likeness (QED) is 0.765. The van der Waals surface area contributed by atoms with Crippen molar-refractivity contribution in [2.75, 3.05) is 18.5 Å². The van der Waals surface area contributed by atoms with Crippen LogP contribution in [0.3, 0.4) is 0 Å². The van der Waals surface area contributed by atoms with Crippen LogP contribution >= 0.6 is 0 Å². The van der Waals surface area contributed by atoms with Crippen LogP contribution in [0, 0.1) is 17.1 Å². The van der Waals surface area contributed by atoms with Gasteiger partial charge in [0, 0.05) is 11.3 Å². The lowest BCUT2D eigenvalue weighted by atomic mass is 10.2. The Kier molecular flexibility index (Phi) is 6.40. The number of rotatable bonds is 6. The summed E-state index contributed by atoms with van der Waals surface area (Å²) in [4.78, 5) is 35.0. The van der Waals surface area contributed by atoms with Gasteiger partial charge in [-0.1, -0.05) is 6.07 Å². The molecule has 2 amide bonds. The molecule has 2 N–H and O–H groups in total. The smallest absolute Gasteiger partial charge is 0.325 e. The molecule has 0 bridgehead atoms. The maximum atomic E-state index is 12.8. The summed E-state index contributed by atoms with van der Waals surface area (Å²) < 4.78 is 17.5. The molecule has 0 spiro atoms. The first-order chi connectivity index (χ1) is 12.5. The lowest BCUT2D eigenvalue weighted by Crippen LogP contribution is -2.32. The minimum absolute atomic E-state index is 0.189. The van der Waals surface area contributed by atoms with E-state index in [1.54, 1.807) is 18.2 Å². The van der Waals surface area contributed by atoms with Crippen molar-refractivity contribution in [2.45, 2.75) is 0 Å². The van der Waals surface area contributed by atoms with Gasteiger partial charge < -0.3 is 15.4 Å². The largest absolute Gasteiger partial charge is 0.454 e. The topological polar surface area (TPSA) is 108 Å². The van der Waals surface area contributed by atoms with Gasteiger partial charge in [-0.05, 0) is 42.5 Å². The number of hydrogen-bond acceptors (Lipinski definition) is 5. The molecule has 0 radical (unpaired) electrons. The molecule has 0 atom stereocenters. The SMILES string of the molecule is N#Cc1cccc(NC(=O)COC(=O)CNC(=O)c2ccc(F)cc2)c1. The summed E-state index contributed by atoms with van der Waals surface area (Å²) in [7, 11) is 0. The second-order valence-electron chi connectivity index (χ2n) is 5.09. The molecule has 2 rings (SSSR count). The van der Waals surface area contributed by atoms with E-state index in [0.717, 1.165) is 12.1 Å². The molecular formula is C18H14FN3O4. The third-order valence-corrected chi connectivity index (χ3v) is 3.14. The van der Waals surface area contributed by atoms with Crippen LogP contribution in [0.5, 0.6) is 0 Å². The van der Waals surface area contributed by atoms with Gasteiger partial charge in [-0.2, -0.15) is 5.26 Å². The van der Waals surface area contributed by atoms with Gasteiger partial charge in [-0.15, -0.1) is 0 Å². The predicted molar refractivity (Wildman–Crippen MR) is 89.5 cm³/mol. The molecule has 2 aromatic carbocycles. The number of nitrogens with one attached hydrogen (secondary N) is 2. The molecule has 0 saturated heterocycles. The Balaban J connectivity index is 1.74. The van der Waals surface area contributed by atoms with E-state index in [-0.39, 0.29) is 5.56 Å². The highest BCUT2D eigenvalue weighted by Crippen LogP contribution is 2.09. The van der Waals surface area contributed by atoms with Gasteiger partial charge in [-0.3, -0.25) is 14.4 Å². The third-order valence-electron chi connectivity index (χ3n) is 3.14. The summed E-state index contributed by atoms with van der Waals surface area (Å²) in [6.07, 6.45) is 0. The standard InChI is InChI=1S/C18H14FN3O4/c19-14-6-4-13(5-7-14)18(25)21-10-17(24)26-11-16(23)22-15-3-1-2-12(8-15)9-20/h1-8H,10-11H2,(H,21,25)(H,22,23). The Labute approximate surface area is 148 Å². The van der Waals surface area contributed by atoms with E-state index in [9.17, 15) is 18.8 Å². The number of amides is 2. The van der Waals surface area contributed by atoms with Crippen molar-refractivity contribution in [1.29, 1.82) is 5.26 Å². The zero-order chi connectivity index (χ0) is 18.9. The van der Waals surface area contributed by atoms with Crippen LogP contribution in [0.15, 0.2) is 48.5 Å². The molecule has 0 aliphatic rings. The number of ether oxygens (including phenoxy) is 1. The van der Waals surface area contributed by atoms with Crippen LogP contribution in [0.4, 0.5) is 10.1 Å². The second kappa shape index (κ2) is 8.94. The predicted octanol–water partition coefficient (Wildman–Crippen LogP) is 1.61. The van der Waals surface area contributed by atoms with E-state index in [0.29, 0.717) is 11.3 Å². The molecule has 7 nitrogen and oxygen atoms in total. The molecule has 0 fully saturated rings. The normalized spacial score (nSPS) is 9.69. The lowest BCUT2D eigenvalue weighted by Gasteiger charge is -2.08. The Morgan fingerprint density at radius 1 is 1.12 bits per heavy atom. The number of benzene rings is 2. The van der Waals surface area contributed by atoms with E-state index in [1.807, 2.05) is 6.07 Å². The summed E-state index contributed by atoms with van der Waals surface area (Å²) in [5, 5.41) is 13.6. The summed E-state index contributed by atoms with van der Waals surface area (Å²) >= 11 is 0. The fourth-order valence-electron chi connectivity index (χ4n) is 1.92. The van der Waals surface area contributed by atoms with E-state index >= 15 is 0 Å².